The Morgan fingerprint density at radius 3 is 2.71 bits per heavy atom. The Balaban J connectivity index is 1.41. The Kier molecular flexibility index (Phi) is 3.44. The number of nitrogens with zero attached hydrogens (tertiary/aromatic N) is 5. The Bertz CT molecular complexity index is 744. The summed E-state index contributed by atoms with van der Waals surface area (Å²) in [5.74, 6) is 3.12. The van der Waals surface area contributed by atoms with E-state index in [1.165, 1.54) is 55.9 Å². The zero-order chi connectivity index (χ0) is 16.1. The van der Waals surface area contributed by atoms with Gasteiger partial charge in [-0.15, -0.1) is 10.2 Å². The van der Waals surface area contributed by atoms with Crippen LogP contribution in [-0.2, 0) is 6.54 Å². The quantitative estimate of drug-likeness (QED) is 0.844. The van der Waals surface area contributed by atoms with Crippen LogP contribution >= 0.6 is 0 Å². The number of aryl methyl sites for hydroxylation is 1. The van der Waals surface area contributed by atoms with E-state index in [-0.39, 0.29) is 0 Å². The highest BCUT2D eigenvalue weighted by atomic mass is 15.3. The lowest BCUT2D eigenvalue weighted by Crippen LogP contribution is -2.25. The van der Waals surface area contributed by atoms with Gasteiger partial charge in [-0.3, -0.25) is 9.88 Å². The first-order chi connectivity index (χ1) is 11.8. The summed E-state index contributed by atoms with van der Waals surface area (Å²) in [4.78, 5) is 7.33. The van der Waals surface area contributed by atoms with Gasteiger partial charge in [0.2, 0.25) is 0 Å². The maximum atomic E-state index is 4.78. The first kappa shape index (κ1) is 14.6. The highest BCUT2D eigenvalue weighted by Crippen LogP contribution is 2.45. The van der Waals surface area contributed by atoms with Gasteiger partial charge in [0, 0.05) is 17.7 Å². The second-order valence-electron chi connectivity index (χ2n) is 7.68. The van der Waals surface area contributed by atoms with Gasteiger partial charge in [0.05, 0.1) is 18.3 Å². The molecule has 24 heavy (non-hydrogen) atoms. The van der Waals surface area contributed by atoms with Crippen molar-refractivity contribution in [1.29, 1.82) is 0 Å². The van der Waals surface area contributed by atoms with Crippen LogP contribution < -0.4 is 0 Å². The number of hydrogen-bond donors (Lipinski definition) is 0. The van der Waals surface area contributed by atoms with Crippen molar-refractivity contribution >= 4 is 0 Å². The smallest absolute Gasteiger partial charge is 0.147 e. The van der Waals surface area contributed by atoms with E-state index in [1.807, 2.05) is 0 Å². The maximum Gasteiger partial charge on any atom is 0.147 e. The lowest BCUT2D eigenvalue weighted by Gasteiger charge is -2.24. The van der Waals surface area contributed by atoms with Crippen molar-refractivity contribution in [3.63, 3.8) is 0 Å². The van der Waals surface area contributed by atoms with Crippen LogP contribution in [0.3, 0.4) is 0 Å². The average Bonchev–Trinajstić information content (AvgIpc) is 3.51. The van der Waals surface area contributed by atoms with Gasteiger partial charge in [0.15, 0.2) is 0 Å². The average molecular weight is 323 g/mol. The predicted octanol–water partition coefficient (Wildman–Crippen LogP) is 3.53. The minimum atomic E-state index is 0.429. The van der Waals surface area contributed by atoms with Crippen molar-refractivity contribution in [3.8, 4) is 0 Å². The summed E-state index contributed by atoms with van der Waals surface area (Å²) in [5, 5.41) is 9.16. The molecule has 0 amide bonds. The van der Waals surface area contributed by atoms with Crippen LogP contribution in [-0.4, -0.2) is 31.2 Å². The highest BCUT2D eigenvalue weighted by Gasteiger charge is 2.37. The van der Waals surface area contributed by atoms with E-state index in [0.717, 1.165) is 18.8 Å². The van der Waals surface area contributed by atoms with Crippen molar-refractivity contribution in [2.45, 2.75) is 70.0 Å². The van der Waals surface area contributed by atoms with Crippen LogP contribution in [0.5, 0.6) is 0 Å². The Morgan fingerprint density at radius 2 is 1.96 bits per heavy atom. The SMILES string of the molecule is Cc1cccc(C2CCCN2Cc2nnc(C3CC3)n2C2CC2)n1. The van der Waals surface area contributed by atoms with E-state index in [4.69, 9.17) is 4.98 Å². The summed E-state index contributed by atoms with van der Waals surface area (Å²) in [7, 11) is 0. The molecule has 3 aliphatic rings. The summed E-state index contributed by atoms with van der Waals surface area (Å²) in [6.07, 6.45) is 7.63. The van der Waals surface area contributed by atoms with Crippen molar-refractivity contribution in [1.82, 2.24) is 24.6 Å². The second-order valence-corrected chi connectivity index (χ2v) is 7.68. The van der Waals surface area contributed by atoms with Crippen molar-refractivity contribution < 1.29 is 0 Å². The van der Waals surface area contributed by atoms with E-state index >= 15 is 0 Å². The van der Waals surface area contributed by atoms with Crippen LogP contribution in [0.4, 0.5) is 0 Å². The Morgan fingerprint density at radius 1 is 1.08 bits per heavy atom. The molecule has 0 radical (unpaired) electrons. The Hall–Kier alpha value is -1.75. The molecule has 2 aromatic rings. The van der Waals surface area contributed by atoms with Crippen molar-refractivity contribution in [2.24, 2.45) is 0 Å². The molecule has 1 atom stereocenters. The summed E-state index contributed by atoms with van der Waals surface area (Å²) in [5.41, 5.74) is 2.32. The molecule has 5 nitrogen and oxygen atoms in total. The van der Waals surface area contributed by atoms with Gasteiger partial charge < -0.3 is 4.57 Å². The van der Waals surface area contributed by atoms with Crippen molar-refractivity contribution in [2.75, 3.05) is 6.54 Å². The molecule has 126 valence electrons. The van der Waals surface area contributed by atoms with E-state index in [0.29, 0.717) is 18.0 Å². The van der Waals surface area contributed by atoms with Crippen LogP contribution in [0.25, 0.3) is 0 Å². The molecule has 2 aromatic heterocycles. The molecule has 0 bridgehead atoms. The van der Waals surface area contributed by atoms with Gasteiger partial charge in [-0.2, -0.15) is 0 Å². The number of rotatable bonds is 5. The van der Waals surface area contributed by atoms with Gasteiger partial charge in [0.25, 0.3) is 0 Å². The fourth-order valence-electron chi connectivity index (χ4n) is 4.08. The molecular weight excluding hydrogens is 298 g/mol. The number of likely N-dealkylation sites (tertiary alicyclic amines) is 1. The molecule has 0 N–H and O–H groups in total. The lowest BCUT2D eigenvalue weighted by molar-refractivity contribution is 0.234. The minimum Gasteiger partial charge on any atom is -0.311 e. The van der Waals surface area contributed by atoms with Crippen molar-refractivity contribution in [3.05, 3.63) is 41.2 Å². The molecule has 2 saturated carbocycles. The molecule has 3 heterocycles. The van der Waals surface area contributed by atoms with Crippen LogP contribution in [0.2, 0.25) is 0 Å². The zero-order valence-corrected chi connectivity index (χ0v) is 14.4. The molecule has 3 fully saturated rings. The second kappa shape index (κ2) is 5.66. The molecule has 1 unspecified atom stereocenters. The number of aromatic nitrogens is 4. The third-order valence-electron chi connectivity index (χ3n) is 5.61. The number of pyridine rings is 1. The molecule has 5 heteroatoms. The fourth-order valence-corrected chi connectivity index (χ4v) is 4.08. The van der Waals surface area contributed by atoms with E-state index < -0.39 is 0 Å². The van der Waals surface area contributed by atoms with Crippen LogP contribution in [0.1, 0.15) is 79.6 Å². The zero-order valence-electron chi connectivity index (χ0n) is 14.4. The van der Waals surface area contributed by atoms with Gasteiger partial charge >= 0.3 is 0 Å². The molecule has 5 rings (SSSR count). The highest BCUT2D eigenvalue weighted by molar-refractivity contribution is 5.16. The van der Waals surface area contributed by atoms with E-state index in [2.05, 4.69) is 44.8 Å². The largest absolute Gasteiger partial charge is 0.311 e. The molecule has 1 saturated heterocycles. The molecule has 1 aliphatic heterocycles. The Labute approximate surface area is 143 Å². The first-order valence-corrected chi connectivity index (χ1v) is 9.41. The molecule has 0 spiro atoms. The lowest BCUT2D eigenvalue weighted by atomic mass is 10.1. The first-order valence-electron chi connectivity index (χ1n) is 9.41. The molecular formula is C19H25N5. The van der Waals surface area contributed by atoms with Crippen LogP contribution in [0.15, 0.2) is 18.2 Å². The predicted molar refractivity (Wildman–Crippen MR) is 91.6 cm³/mol. The van der Waals surface area contributed by atoms with E-state index in [9.17, 15) is 0 Å². The van der Waals surface area contributed by atoms with Gasteiger partial charge in [-0.1, -0.05) is 6.07 Å². The third-order valence-corrected chi connectivity index (χ3v) is 5.61. The summed E-state index contributed by atoms with van der Waals surface area (Å²) in [6.45, 7) is 4.13. The molecule has 0 aromatic carbocycles. The fraction of sp³-hybridized carbons (Fsp3) is 0.632. The standard InChI is InChI=1S/C19H25N5/c1-13-4-2-5-16(20-13)17-6-3-11-23(17)12-18-21-22-19(14-7-8-14)24(18)15-9-10-15/h2,4-5,14-15,17H,3,6-12H2,1H3. The normalized spacial score (nSPS) is 24.6. The van der Waals surface area contributed by atoms with Gasteiger partial charge in [0.1, 0.15) is 11.6 Å². The minimum absolute atomic E-state index is 0.429. The monoisotopic (exact) mass is 323 g/mol. The third kappa shape index (κ3) is 2.65. The van der Waals surface area contributed by atoms with Crippen LogP contribution in [0, 0.1) is 6.92 Å². The van der Waals surface area contributed by atoms with Gasteiger partial charge in [-0.25, -0.2) is 0 Å². The van der Waals surface area contributed by atoms with E-state index in [1.54, 1.807) is 0 Å². The van der Waals surface area contributed by atoms with Gasteiger partial charge in [-0.05, 0) is 64.1 Å². The summed E-state index contributed by atoms with van der Waals surface area (Å²) in [6, 6.07) is 7.49. The summed E-state index contributed by atoms with van der Waals surface area (Å²) < 4.78 is 2.48. The molecule has 2 aliphatic carbocycles. The maximum absolute atomic E-state index is 4.78. The number of hydrogen-bond acceptors (Lipinski definition) is 4. The topological polar surface area (TPSA) is 46.8 Å². The summed E-state index contributed by atoms with van der Waals surface area (Å²) >= 11 is 0.